The standard InChI is InChI=1S/C13H15FN2S2/c1-18-13(6-3-7-13)8-16-10-5-2-4-9(14)11(10)15-12(16)17/h2,4-5H,3,6-8H2,1H3,(H,15,17). The lowest BCUT2D eigenvalue weighted by molar-refractivity contribution is 0.323. The summed E-state index contributed by atoms with van der Waals surface area (Å²) in [6, 6.07) is 5.13. The van der Waals surface area contributed by atoms with E-state index in [4.69, 9.17) is 12.2 Å². The molecule has 0 bridgehead atoms. The van der Waals surface area contributed by atoms with E-state index in [0.717, 1.165) is 12.1 Å². The Balaban J connectivity index is 2.09. The van der Waals surface area contributed by atoms with Crippen LogP contribution in [0.3, 0.4) is 0 Å². The molecule has 0 spiro atoms. The Kier molecular flexibility index (Phi) is 2.98. The number of hydrogen-bond donors (Lipinski definition) is 1. The summed E-state index contributed by atoms with van der Waals surface area (Å²) in [6.07, 6.45) is 5.87. The second kappa shape index (κ2) is 4.38. The van der Waals surface area contributed by atoms with E-state index in [-0.39, 0.29) is 5.82 Å². The van der Waals surface area contributed by atoms with Crippen molar-refractivity contribution in [3.05, 3.63) is 28.8 Å². The molecule has 0 atom stereocenters. The number of nitrogens with one attached hydrogen (secondary N) is 1. The highest BCUT2D eigenvalue weighted by molar-refractivity contribution is 8.00. The normalized spacial score (nSPS) is 17.9. The van der Waals surface area contributed by atoms with Gasteiger partial charge in [0, 0.05) is 11.3 Å². The molecule has 0 aliphatic heterocycles. The van der Waals surface area contributed by atoms with Crippen molar-refractivity contribution in [3.8, 4) is 0 Å². The molecule has 1 saturated carbocycles. The minimum atomic E-state index is -0.232. The summed E-state index contributed by atoms with van der Waals surface area (Å²) in [5.41, 5.74) is 1.40. The average Bonchev–Trinajstić information content (AvgIpc) is 2.62. The second-order valence-electron chi connectivity index (χ2n) is 4.89. The van der Waals surface area contributed by atoms with E-state index < -0.39 is 0 Å². The third kappa shape index (κ3) is 1.80. The van der Waals surface area contributed by atoms with Crippen molar-refractivity contribution < 1.29 is 4.39 Å². The summed E-state index contributed by atoms with van der Waals surface area (Å²) in [5.74, 6) is -0.232. The van der Waals surface area contributed by atoms with Crippen LogP contribution in [-0.4, -0.2) is 20.6 Å². The Hall–Kier alpha value is -0.810. The van der Waals surface area contributed by atoms with E-state index in [0.29, 0.717) is 15.0 Å². The highest BCUT2D eigenvalue weighted by Crippen LogP contribution is 2.44. The molecule has 0 saturated heterocycles. The van der Waals surface area contributed by atoms with Crippen LogP contribution in [0.15, 0.2) is 18.2 Å². The van der Waals surface area contributed by atoms with Crippen LogP contribution >= 0.6 is 24.0 Å². The first kappa shape index (κ1) is 12.2. The van der Waals surface area contributed by atoms with Crippen LogP contribution in [-0.2, 0) is 6.54 Å². The maximum absolute atomic E-state index is 13.7. The van der Waals surface area contributed by atoms with E-state index in [9.17, 15) is 4.39 Å². The lowest BCUT2D eigenvalue weighted by atomic mass is 9.84. The van der Waals surface area contributed by atoms with Crippen molar-refractivity contribution in [2.45, 2.75) is 30.6 Å². The molecule has 2 nitrogen and oxygen atoms in total. The Morgan fingerprint density at radius 1 is 1.50 bits per heavy atom. The summed E-state index contributed by atoms with van der Waals surface area (Å²) < 4.78 is 16.7. The van der Waals surface area contributed by atoms with Gasteiger partial charge < -0.3 is 9.55 Å². The van der Waals surface area contributed by atoms with Crippen molar-refractivity contribution in [2.24, 2.45) is 0 Å². The van der Waals surface area contributed by atoms with E-state index in [1.807, 2.05) is 22.4 Å². The zero-order chi connectivity index (χ0) is 12.8. The fourth-order valence-corrected chi connectivity index (χ4v) is 3.81. The molecule has 1 heterocycles. The van der Waals surface area contributed by atoms with E-state index in [1.165, 1.54) is 25.3 Å². The van der Waals surface area contributed by atoms with Gasteiger partial charge in [-0.3, -0.25) is 0 Å². The summed E-state index contributed by atoms with van der Waals surface area (Å²) in [5, 5.41) is 0. The first-order valence-electron chi connectivity index (χ1n) is 6.07. The third-order valence-corrected chi connectivity index (χ3v) is 5.63. The summed E-state index contributed by atoms with van der Waals surface area (Å²) in [4.78, 5) is 2.98. The number of H-pyrrole nitrogens is 1. The Labute approximate surface area is 115 Å². The highest BCUT2D eigenvalue weighted by Gasteiger charge is 2.37. The van der Waals surface area contributed by atoms with Crippen LogP contribution in [0.5, 0.6) is 0 Å². The molecule has 0 amide bonds. The van der Waals surface area contributed by atoms with Gasteiger partial charge in [-0.2, -0.15) is 11.8 Å². The maximum Gasteiger partial charge on any atom is 0.178 e. The van der Waals surface area contributed by atoms with Crippen LogP contribution < -0.4 is 0 Å². The van der Waals surface area contributed by atoms with Gasteiger partial charge in [-0.25, -0.2) is 4.39 Å². The zero-order valence-corrected chi connectivity index (χ0v) is 11.8. The molecule has 1 fully saturated rings. The Morgan fingerprint density at radius 2 is 2.28 bits per heavy atom. The molecule has 1 aliphatic rings. The van der Waals surface area contributed by atoms with Crippen molar-refractivity contribution >= 4 is 35.0 Å². The van der Waals surface area contributed by atoms with Crippen LogP contribution in [0, 0.1) is 10.6 Å². The number of imidazole rings is 1. The molecule has 96 valence electrons. The molecule has 0 unspecified atom stereocenters. The van der Waals surface area contributed by atoms with Gasteiger partial charge in [0.1, 0.15) is 11.3 Å². The molecule has 1 N–H and O–H groups in total. The van der Waals surface area contributed by atoms with E-state index in [2.05, 4.69) is 11.2 Å². The van der Waals surface area contributed by atoms with E-state index in [1.54, 1.807) is 6.07 Å². The number of hydrogen-bond acceptors (Lipinski definition) is 2. The van der Waals surface area contributed by atoms with Gasteiger partial charge in [0.15, 0.2) is 4.77 Å². The van der Waals surface area contributed by atoms with Crippen molar-refractivity contribution in [2.75, 3.05) is 6.26 Å². The Morgan fingerprint density at radius 3 is 2.89 bits per heavy atom. The van der Waals surface area contributed by atoms with Crippen molar-refractivity contribution in [3.63, 3.8) is 0 Å². The number of nitrogens with zero attached hydrogens (tertiary/aromatic N) is 1. The largest absolute Gasteiger partial charge is 0.328 e. The minimum absolute atomic E-state index is 0.232. The number of aromatic amines is 1. The highest BCUT2D eigenvalue weighted by atomic mass is 32.2. The maximum atomic E-state index is 13.7. The zero-order valence-electron chi connectivity index (χ0n) is 10.2. The fourth-order valence-electron chi connectivity index (χ4n) is 2.59. The van der Waals surface area contributed by atoms with Crippen LogP contribution in [0.1, 0.15) is 19.3 Å². The molecule has 18 heavy (non-hydrogen) atoms. The van der Waals surface area contributed by atoms with Gasteiger partial charge in [0.05, 0.1) is 5.52 Å². The van der Waals surface area contributed by atoms with Gasteiger partial charge in [0.2, 0.25) is 0 Å². The lowest BCUT2D eigenvalue weighted by Crippen LogP contribution is -2.37. The minimum Gasteiger partial charge on any atom is -0.328 e. The predicted molar refractivity (Wildman–Crippen MR) is 77.2 cm³/mol. The summed E-state index contributed by atoms with van der Waals surface area (Å²) >= 11 is 7.24. The molecule has 5 heteroatoms. The summed E-state index contributed by atoms with van der Waals surface area (Å²) in [6.45, 7) is 0.871. The monoisotopic (exact) mass is 282 g/mol. The molecule has 0 radical (unpaired) electrons. The number of rotatable bonds is 3. The number of para-hydroxylation sites is 1. The topological polar surface area (TPSA) is 20.7 Å². The SMILES string of the molecule is CSC1(Cn2c(=S)[nH]c3c(F)cccc32)CCC1. The predicted octanol–water partition coefficient (Wildman–Crippen LogP) is 4.12. The molecule has 1 aliphatic carbocycles. The van der Waals surface area contributed by atoms with Gasteiger partial charge >= 0.3 is 0 Å². The van der Waals surface area contributed by atoms with Gasteiger partial charge in [-0.1, -0.05) is 12.5 Å². The molecular weight excluding hydrogens is 267 g/mol. The molecule has 1 aromatic carbocycles. The van der Waals surface area contributed by atoms with E-state index >= 15 is 0 Å². The van der Waals surface area contributed by atoms with Gasteiger partial charge in [-0.15, -0.1) is 0 Å². The molecule has 2 aromatic rings. The van der Waals surface area contributed by atoms with Crippen LogP contribution in [0.2, 0.25) is 0 Å². The molecule has 1 aromatic heterocycles. The molecule has 3 rings (SSSR count). The third-order valence-electron chi connectivity index (χ3n) is 3.90. The Bertz CT molecular complexity index is 634. The van der Waals surface area contributed by atoms with Gasteiger partial charge in [-0.05, 0) is 43.4 Å². The summed E-state index contributed by atoms with van der Waals surface area (Å²) in [7, 11) is 0. The average molecular weight is 282 g/mol. The van der Waals surface area contributed by atoms with Crippen molar-refractivity contribution in [1.82, 2.24) is 9.55 Å². The first-order valence-corrected chi connectivity index (χ1v) is 7.71. The number of benzene rings is 1. The first-order chi connectivity index (χ1) is 8.65. The molecular formula is C13H15FN2S2. The van der Waals surface area contributed by atoms with Crippen LogP contribution in [0.4, 0.5) is 4.39 Å². The number of thioether (sulfide) groups is 1. The number of aromatic nitrogens is 2. The lowest BCUT2D eigenvalue weighted by Gasteiger charge is -2.40. The fraction of sp³-hybridized carbons (Fsp3) is 0.462. The second-order valence-corrected chi connectivity index (χ2v) is 6.55. The number of fused-ring (bicyclic) bond motifs is 1. The quantitative estimate of drug-likeness (QED) is 0.855. The van der Waals surface area contributed by atoms with Crippen molar-refractivity contribution in [1.29, 1.82) is 0 Å². The number of halogens is 1. The smallest absolute Gasteiger partial charge is 0.178 e. The van der Waals surface area contributed by atoms with Gasteiger partial charge in [0.25, 0.3) is 0 Å². The van der Waals surface area contributed by atoms with Crippen LogP contribution in [0.25, 0.3) is 11.0 Å².